The largest absolute Gasteiger partial charge is 0.459 e. The van der Waals surface area contributed by atoms with Gasteiger partial charge in [-0.1, -0.05) is 31.4 Å². The Hall–Kier alpha value is -2.12. The van der Waals surface area contributed by atoms with Crippen molar-refractivity contribution in [3.8, 4) is 0 Å². The Morgan fingerprint density at radius 2 is 1.77 bits per heavy atom. The summed E-state index contributed by atoms with van der Waals surface area (Å²) in [6.45, 7) is 0.290. The average Bonchev–Trinajstić information content (AvgIpc) is 3.21. The van der Waals surface area contributed by atoms with Crippen molar-refractivity contribution in [2.75, 3.05) is 13.1 Å². The number of hydrogen-bond donors (Lipinski definition) is 2. The third-order valence-corrected chi connectivity index (χ3v) is 6.19. The van der Waals surface area contributed by atoms with Gasteiger partial charge in [-0.05, 0) is 48.6 Å². The Morgan fingerprint density at radius 1 is 1.04 bits per heavy atom. The summed E-state index contributed by atoms with van der Waals surface area (Å²) in [7, 11) is -3.58. The molecule has 0 spiro atoms. The third kappa shape index (κ3) is 4.74. The van der Waals surface area contributed by atoms with Crippen molar-refractivity contribution in [3.05, 3.63) is 54.0 Å². The minimum atomic E-state index is -3.58. The van der Waals surface area contributed by atoms with Crippen LogP contribution in [0.5, 0.6) is 0 Å². The molecule has 1 saturated carbocycles. The number of rotatable bonds is 7. The number of benzene rings is 1. The SMILES string of the molecule is O=C(NCCNS(=O)(=O)c1ccc(C2CCCCC2)cc1)c1ccco1. The van der Waals surface area contributed by atoms with E-state index in [4.69, 9.17) is 4.42 Å². The van der Waals surface area contributed by atoms with Crippen LogP contribution < -0.4 is 10.0 Å². The van der Waals surface area contributed by atoms with Crippen LogP contribution in [-0.2, 0) is 10.0 Å². The van der Waals surface area contributed by atoms with Crippen LogP contribution in [-0.4, -0.2) is 27.4 Å². The molecule has 26 heavy (non-hydrogen) atoms. The minimum Gasteiger partial charge on any atom is -0.459 e. The molecular weight excluding hydrogens is 352 g/mol. The number of nitrogens with one attached hydrogen (secondary N) is 2. The highest BCUT2D eigenvalue weighted by Crippen LogP contribution is 2.32. The Bertz CT molecular complexity index is 808. The van der Waals surface area contributed by atoms with Gasteiger partial charge in [0.05, 0.1) is 11.2 Å². The average molecular weight is 376 g/mol. The molecule has 0 bridgehead atoms. The van der Waals surface area contributed by atoms with Gasteiger partial charge in [-0.25, -0.2) is 13.1 Å². The molecular formula is C19H24N2O4S. The van der Waals surface area contributed by atoms with E-state index in [9.17, 15) is 13.2 Å². The molecule has 0 unspecified atom stereocenters. The standard InChI is InChI=1S/C19H24N2O4S/c22-19(18-7-4-14-25-18)20-12-13-21-26(23,24)17-10-8-16(9-11-17)15-5-2-1-3-6-15/h4,7-11,14-15,21H,1-3,5-6,12-13H2,(H,20,22). The lowest BCUT2D eigenvalue weighted by atomic mass is 9.84. The molecule has 2 aromatic rings. The molecule has 1 amide bonds. The number of sulfonamides is 1. The zero-order valence-corrected chi connectivity index (χ0v) is 15.4. The van der Waals surface area contributed by atoms with Crippen LogP contribution >= 0.6 is 0 Å². The van der Waals surface area contributed by atoms with Crippen molar-refractivity contribution < 1.29 is 17.6 Å². The van der Waals surface area contributed by atoms with E-state index in [2.05, 4.69) is 10.0 Å². The first-order chi connectivity index (χ1) is 12.6. The smallest absolute Gasteiger partial charge is 0.287 e. The predicted octanol–water partition coefficient (Wildman–Crippen LogP) is 3.04. The maximum atomic E-state index is 12.4. The van der Waals surface area contributed by atoms with E-state index in [-0.39, 0.29) is 29.7 Å². The molecule has 0 saturated heterocycles. The molecule has 1 aromatic carbocycles. The van der Waals surface area contributed by atoms with E-state index in [0.29, 0.717) is 5.92 Å². The van der Waals surface area contributed by atoms with Gasteiger partial charge in [0.15, 0.2) is 5.76 Å². The number of carbonyl (C=O) groups excluding carboxylic acids is 1. The molecule has 1 aliphatic carbocycles. The molecule has 3 rings (SSSR count). The van der Waals surface area contributed by atoms with E-state index in [1.807, 2.05) is 12.1 Å². The van der Waals surface area contributed by atoms with Crippen LogP contribution in [0.2, 0.25) is 0 Å². The molecule has 140 valence electrons. The Labute approximate surface area is 154 Å². The Balaban J connectivity index is 1.50. The van der Waals surface area contributed by atoms with Crippen LogP contribution in [0.25, 0.3) is 0 Å². The predicted molar refractivity (Wildman–Crippen MR) is 98.5 cm³/mol. The third-order valence-electron chi connectivity index (χ3n) is 4.71. The molecule has 0 aliphatic heterocycles. The molecule has 0 atom stereocenters. The Kier molecular flexibility index (Phi) is 6.11. The van der Waals surface area contributed by atoms with E-state index in [1.165, 1.54) is 43.9 Å². The van der Waals surface area contributed by atoms with Crippen LogP contribution in [0.3, 0.4) is 0 Å². The lowest BCUT2D eigenvalue weighted by Crippen LogP contribution is -2.34. The Morgan fingerprint density at radius 3 is 2.42 bits per heavy atom. The molecule has 1 aromatic heterocycles. The van der Waals surface area contributed by atoms with Crippen molar-refractivity contribution in [2.24, 2.45) is 0 Å². The second-order valence-corrected chi connectivity index (χ2v) is 8.30. The van der Waals surface area contributed by atoms with Gasteiger partial charge in [0, 0.05) is 13.1 Å². The lowest BCUT2D eigenvalue weighted by Gasteiger charge is -2.22. The fourth-order valence-electron chi connectivity index (χ4n) is 3.29. The highest BCUT2D eigenvalue weighted by molar-refractivity contribution is 7.89. The van der Waals surface area contributed by atoms with Gasteiger partial charge in [0.2, 0.25) is 10.0 Å². The summed E-state index contributed by atoms with van der Waals surface area (Å²) in [5, 5.41) is 2.60. The van der Waals surface area contributed by atoms with Gasteiger partial charge in [0.25, 0.3) is 5.91 Å². The maximum absolute atomic E-state index is 12.4. The van der Waals surface area contributed by atoms with Crippen LogP contribution in [0.1, 0.15) is 54.1 Å². The van der Waals surface area contributed by atoms with E-state index >= 15 is 0 Å². The lowest BCUT2D eigenvalue weighted by molar-refractivity contribution is 0.0926. The molecule has 7 heteroatoms. The van der Waals surface area contributed by atoms with Gasteiger partial charge < -0.3 is 9.73 Å². The van der Waals surface area contributed by atoms with E-state index in [0.717, 1.165) is 0 Å². The second kappa shape index (κ2) is 8.51. The number of amides is 1. The minimum absolute atomic E-state index is 0.110. The van der Waals surface area contributed by atoms with E-state index < -0.39 is 10.0 Å². The molecule has 0 radical (unpaired) electrons. The zero-order valence-electron chi connectivity index (χ0n) is 14.6. The first-order valence-corrected chi connectivity index (χ1v) is 10.5. The zero-order chi connectivity index (χ0) is 18.4. The maximum Gasteiger partial charge on any atom is 0.287 e. The summed E-state index contributed by atoms with van der Waals surface area (Å²) in [5.41, 5.74) is 1.22. The van der Waals surface area contributed by atoms with E-state index in [1.54, 1.807) is 24.3 Å². The molecule has 1 heterocycles. The van der Waals surface area contributed by atoms with Gasteiger partial charge in [0.1, 0.15) is 0 Å². The monoisotopic (exact) mass is 376 g/mol. The van der Waals surface area contributed by atoms with Gasteiger partial charge in [-0.2, -0.15) is 0 Å². The molecule has 1 aliphatic rings. The summed E-state index contributed by atoms with van der Waals surface area (Å²) >= 11 is 0. The number of furan rings is 1. The summed E-state index contributed by atoms with van der Waals surface area (Å²) in [6.07, 6.45) is 7.56. The van der Waals surface area contributed by atoms with Crippen LogP contribution in [0.15, 0.2) is 52.0 Å². The van der Waals surface area contributed by atoms with Crippen LogP contribution in [0.4, 0.5) is 0 Å². The fourth-order valence-corrected chi connectivity index (χ4v) is 4.33. The quantitative estimate of drug-likeness (QED) is 0.727. The van der Waals surface area contributed by atoms with Gasteiger partial charge in [-0.3, -0.25) is 4.79 Å². The summed E-state index contributed by atoms with van der Waals surface area (Å²) in [4.78, 5) is 12.0. The van der Waals surface area contributed by atoms with Crippen molar-refractivity contribution in [1.82, 2.24) is 10.0 Å². The highest BCUT2D eigenvalue weighted by Gasteiger charge is 2.18. The van der Waals surface area contributed by atoms with Gasteiger partial charge >= 0.3 is 0 Å². The molecule has 6 nitrogen and oxygen atoms in total. The second-order valence-electron chi connectivity index (χ2n) is 6.53. The normalized spacial score (nSPS) is 15.7. The van der Waals surface area contributed by atoms with Crippen molar-refractivity contribution >= 4 is 15.9 Å². The number of carbonyl (C=O) groups is 1. The van der Waals surface area contributed by atoms with Crippen LogP contribution in [0, 0.1) is 0 Å². The first kappa shape index (κ1) is 18.7. The summed E-state index contributed by atoms with van der Waals surface area (Å²) in [5.74, 6) is 0.377. The summed E-state index contributed by atoms with van der Waals surface area (Å²) < 4.78 is 32.2. The molecule has 2 N–H and O–H groups in total. The first-order valence-electron chi connectivity index (χ1n) is 8.97. The van der Waals surface area contributed by atoms with Crippen molar-refractivity contribution in [2.45, 2.75) is 42.9 Å². The fraction of sp³-hybridized carbons (Fsp3) is 0.421. The van der Waals surface area contributed by atoms with Gasteiger partial charge in [-0.15, -0.1) is 0 Å². The van der Waals surface area contributed by atoms with Crippen molar-refractivity contribution in [1.29, 1.82) is 0 Å². The highest BCUT2D eigenvalue weighted by atomic mass is 32.2. The van der Waals surface area contributed by atoms with Crippen molar-refractivity contribution in [3.63, 3.8) is 0 Å². The summed E-state index contributed by atoms with van der Waals surface area (Å²) in [6, 6.07) is 10.3. The molecule has 1 fully saturated rings. The topological polar surface area (TPSA) is 88.4 Å². The number of hydrogen-bond acceptors (Lipinski definition) is 4.